The van der Waals surface area contributed by atoms with Crippen molar-refractivity contribution < 1.29 is 9.59 Å². The standard InChI is InChI=1S/C18H17IN2O2S/c1-10-7-14(5-6-15(10)19)21-11(2)8-13(12(21)3)9-16-17(22)20(4)18(23)24-16/h5-9H,1-4H3/b16-9-. The predicted octanol–water partition coefficient (Wildman–Crippen LogP) is 4.67. The molecule has 0 spiro atoms. The SMILES string of the molecule is Cc1cc(-n2c(C)cc(/C=C3\SC(=O)N(C)C3=O)c2C)ccc1I. The van der Waals surface area contributed by atoms with E-state index in [4.69, 9.17) is 0 Å². The van der Waals surface area contributed by atoms with Crippen LogP contribution < -0.4 is 0 Å². The number of halogens is 1. The highest BCUT2D eigenvalue weighted by molar-refractivity contribution is 14.1. The van der Waals surface area contributed by atoms with Crippen molar-refractivity contribution in [3.8, 4) is 5.69 Å². The molecular formula is C18H17IN2O2S. The van der Waals surface area contributed by atoms with Gasteiger partial charge in [-0.3, -0.25) is 14.5 Å². The molecule has 0 aliphatic carbocycles. The first-order valence-electron chi connectivity index (χ1n) is 7.46. The van der Waals surface area contributed by atoms with Gasteiger partial charge in [0.1, 0.15) is 0 Å². The van der Waals surface area contributed by atoms with Gasteiger partial charge in [-0.1, -0.05) is 0 Å². The Morgan fingerprint density at radius 1 is 1.12 bits per heavy atom. The van der Waals surface area contributed by atoms with Crippen LogP contribution in [0.1, 0.15) is 22.5 Å². The summed E-state index contributed by atoms with van der Waals surface area (Å²) in [6.45, 7) is 6.17. The van der Waals surface area contributed by atoms with Gasteiger partial charge >= 0.3 is 0 Å². The van der Waals surface area contributed by atoms with Gasteiger partial charge < -0.3 is 4.57 Å². The Kier molecular flexibility index (Phi) is 4.61. The molecule has 2 amide bonds. The molecule has 1 saturated heterocycles. The van der Waals surface area contributed by atoms with Crippen LogP contribution in [0.25, 0.3) is 11.8 Å². The number of carbonyl (C=O) groups is 2. The average Bonchev–Trinajstić information content (AvgIpc) is 2.94. The number of aryl methyl sites for hydroxylation is 2. The number of benzene rings is 1. The quantitative estimate of drug-likeness (QED) is 0.491. The zero-order valence-electron chi connectivity index (χ0n) is 13.9. The zero-order chi connectivity index (χ0) is 17.6. The van der Waals surface area contributed by atoms with Crippen LogP contribution in [-0.4, -0.2) is 27.7 Å². The molecule has 0 saturated carbocycles. The zero-order valence-corrected chi connectivity index (χ0v) is 16.9. The van der Waals surface area contributed by atoms with Crippen molar-refractivity contribution in [1.29, 1.82) is 0 Å². The fourth-order valence-corrected chi connectivity index (χ4v) is 3.94. The molecule has 0 N–H and O–H groups in total. The molecular weight excluding hydrogens is 435 g/mol. The Morgan fingerprint density at radius 3 is 2.42 bits per heavy atom. The Morgan fingerprint density at radius 2 is 1.83 bits per heavy atom. The Balaban J connectivity index is 2.06. The minimum absolute atomic E-state index is 0.228. The van der Waals surface area contributed by atoms with Crippen LogP contribution >= 0.6 is 34.4 Å². The Labute approximate surface area is 159 Å². The number of rotatable bonds is 2. The second-order valence-corrected chi connectivity index (χ2v) is 7.99. The summed E-state index contributed by atoms with van der Waals surface area (Å²) >= 11 is 3.32. The molecule has 124 valence electrons. The summed E-state index contributed by atoms with van der Waals surface area (Å²) in [6.07, 6.45) is 1.81. The Bertz CT molecular complexity index is 899. The van der Waals surface area contributed by atoms with E-state index in [1.54, 1.807) is 0 Å². The second kappa shape index (κ2) is 6.40. The molecule has 1 aromatic carbocycles. The number of amides is 2. The first kappa shape index (κ1) is 17.3. The number of thioether (sulfide) groups is 1. The molecule has 1 aliphatic heterocycles. The van der Waals surface area contributed by atoms with Crippen LogP contribution in [0.4, 0.5) is 4.79 Å². The molecule has 4 nitrogen and oxygen atoms in total. The van der Waals surface area contributed by atoms with Gasteiger partial charge in [0.05, 0.1) is 4.91 Å². The minimum Gasteiger partial charge on any atom is -0.318 e. The summed E-state index contributed by atoms with van der Waals surface area (Å²) in [5.41, 5.74) is 5.44. The average molecular weight is 452 g/mol. The van der Waals surface area contributed by atoms with E-state index in [0.717, 1.165) is 39.3 Å². The Hall–Kier alpha value is -1.54. The highest BCUT2D eigenvalue weighted by atomic mass is 127. The van der Waals surface area contributed by atoms with Crippen LogP contribution in [0.15, 0.2) is 29.2 Å². The lowest BCUT2D eigenvalue weighted by molar-refractivity contribution is -0.121. The van der Waals surface area contributed by atoms with E-state index in [9.17, 15) is 9.59 Å². The summed E-state index contributed by atoms with van der Waals surface area (Å²) in [4.78, 5) is 25.4. The van der Waals surface area contributed by atoms with Crippen molar-refractivity contribution in [2.24, 2.45) is 0 Å². The van der Waals surface area contributed by atoms with Gasteiger partial charge in [-0.25, -0.2) is 0 Å². The van der Waals surface area contributed by atoms with E-state index in [0.29, 0.717) is 4.91 Å². The summed E-state index contributed by atoms with van der Waals surface area (Å²) in [6, 6.07) is 8.41. The molecule has 1 aliphatic rings. The lowest BCUT2D eigenvalue weighted by Crippen LogP contribution is -2.22. The van der Waals surface area contributed by atoms with Crippen LogP contribution in [0, 0.1) is 24.3 Å². The van der Waals surface area contributed by atoms with Gasteiger partial charge in [-0.2, -0.15) is 0 Å². The first-order valence-corrected chi connectivity index (χ1v) is 9.36. The third-order valence-electron chi connectivity index (χ3n) is 4.14. The largest absolute Gasteiger partial charge is 0.318 e. The van der Waals surface area contributed by atoms with Gasteiger partial charge in [0.15, 0.2) is 0 Å². The van der Waals surface area contributed by atoms with Gasteiger partial charge in [-0.05, 0) is 96.6 Å². The van der Waals surface area contributed by atoms with Crippen molar-refractivity contribution >= 4 is 51.6 Å². The fraction of sp³-hybridized carbons (Fsp3) is 0.222. The number of imide groups is 1. The van der Waals surface area contributed by atoms with Gasteiger partial charge in [0.25, 0.3) is 11.1 Å². The molecule has 0 atom stereocenters. The van der Waals surface area contributed by atoms with Gasteiger partial charge in [-0.15, -0.1) is 0 Å². The van der Waals surface area contributed by atoms with E-state index < -0.39 is 0 Å². The molecule has 0 bridgehead atoms. The predicted molar refractivity (Wildman–Crippen MR) is 106 cm³/mol. The third kappa shape index (κ3) is 2.93. The highest BCUT2D eigenvalue weighted by Gasteiger charge is 2.32. The monoisotopic (exact) mass is 452 g/mol. The number of aromatic nitrogens is 1. The number of likely N-dealkylation sites (N-methyl/N-ethyl adjacent to an activating group) is 1. The van der Waals surface area contributed by atoms with E-state index in [1.165, 1.54) is 16.2 Å². The topological polar surface area (TPSA) is 42.3 Å². The molecule has 6 heteroatoms. The first-order chi connectivity index (χ1) is 11.3. The maximum Gasteiger partial charge on any atom is 0.293 e. The minimum atomic E-state index is -0.236. The number of carbonyl (C=O) groups excluding carboxylic acids is 2. The van der Waals surface area contributed by atoms with Gasteiger partial charge in [0, 0.05) is 27.7 Å². The summed E-state index contributed by atoms with van der Waals surface area (Å²) in [7, 11) is 1.51. The smallest absolute Gasteiger partial charge is 0.293 e. The normalized spacial score (nSPS) is 16.5. The van der Waals surface area contributed by atoms with Crippen LogP contribution in [-0.2, 0) is 4.79 Å². The molecule has 3 rings (SSSR count). The van der Waals surface area contributed by atoms with Gasteiger partial charge in [0.2, 0.25) is 0 Å². The van der Waals surface area contributed by atoms with Crippen molar-refractivity contribution in [3.05, 3.63) is 55.3 Å². The summed E-state index contributed by atoms with van der Waals surface area (Å²) in [5.74, 6) is -0.236. The van der Waals surface area contributed by atoms with Crippen LogP contribution in [0.3, 0.4) is 0 Å². The highest BCUT2D eigenvalue weighted by Crippen LogP contribution is 2.33. The molecule has 2 heterocycles. The van der Waals surface area contributed by atoms with E-state index in [1.807, 2.05) is 26.0 Å². The molecule has 24 heavy (non-hydrogen) atoms. The van der Waals surface area contributed by atoms with Crippen LogP contribution in [0.5, 0.6) is 0 Å². The molecule has 1 fully saturated rings. The summed E-state index contributed by atoms with van der Waals surface area (Å²) in [5, 5.41) is -0.228. The molecule has 2 aromatic rings. The van der Waals surface area contributed by atoms with E-state index >= 15 is 0 Å². The maximum absolute atomic E-state index is 12.1. The number of nitrogens with zero attached hydrogens (tertiary/aromatic N) is 2. The number of hydrogen-bond donors (Lipinski definition) is 0. The lowest BCUT2D eigenvalue weighted by atomic mass is 10.2. The fourth-order valence-electron chi connectivity index (χ4n) is 2.79. The van der Waals surface area contributed by atoms with Crippen LogP contribution in [0.2, 0.25) is 0 Å². The number of hydrogen-bond acceptors (Lipinski definition) is 3. The van der Waals surface area contributed by atoms with E-state index in [-0.39, 0.29) is 11.1 Å². The lowest BCUT2D eigenvalue weighted by Gasteiger charge is -2.11. The maximum atomic E-state index is 12.1. The van der Waals surface area contributed by atoms with Crippen molar-refractivity contribution in [1.82, 2.24) is 9.47 Å². The third-order valence-corrected chi connectivity index (χ3v) is 6.31. The van der Waals surface area contributed by atoms with Crippen molar-refractivity contribution in [2.75, 3.05) is 7.05 Å². The second-order valence-electron chi connectivity index (χ2n) is 5.84. The van der Waals surface area contributed by atoms with Crippen molar-refractivity contribution in [2.45, 2.75) is 20.8 Å². The molecule has 1 aromatic heterocycles. The molecule has 0 radical (unpaired) electrons. The van der Waals surface area contributed by atoms with E-state index in [2.05, 4.69) is 52.3 Å². The van der Waals surface area contributed by atoms with Crippen molar-refractivity contribution in [3.63, 3.8) is 0 Å². The molecule has 0 unspecified atom stereocenters. The summed E-state index contributed by atoms with van der Waals surface area (Å²) < 4.78 is 3.40.